The maximum absolute atomic E-state index is 13.2. The molecule has 2 heterocycles. The Hall–Kier alpha value is -2.39. The maximum Gasteiger partial charge on any atom is 0.416 e. The molecule has 0 saturated carbocycles. The summed E-state index contributed by atoms with van der Waals surface area (Å²) in [4.78, 5) is 14.7. The minimum absolute atomic E-state index is 0.0601. The third-order valence-corrected chi connectivity index (χ3v) is 7.70. The second-order valence-electron chi connectivity index (χ2n) is 7.89. The van der Waals surface area contributed by atoms with Crippen LogP contribution < -0.4 is 4.90 Å². The van der Waals surface area contributed by atoms with Crippen LogP contribution in [0.5, 0.6) is 0 Å². The lowest BCUT2D eigenvalue weighted by molar-refractivity contribution is -0.137. The summed E-state index contributed by atoms with van der Waals surface area (Å²) in [6.45, 7) is 1.28. The normalized spacial score (nSPS) is 18.0. The van der Waals surface area contributed by atoms with Gasteiger partial charge in [0.15, 0.2) is 0 Å². The van der Waals surface area contributed by atoms with Gasteiger partial charge in [0.2, 0.25) is 10.0 Å². The first kappa shape index (κ1) is 21.8. The van der Waals surface area contributed by atoms with Crippen molar-refractivity contribution in [2.24, 2.45) is 0 Å². The Morgan fingerprint density at radius 3 is 2.35 bits per heavy atom. The number of amides is 1. The smallest absolute Gasteiger partial charge is 0.308 e. The molecule has 0 aromatic heterocycles. The molecule has 2 aliphatic heterocycles. The zero-order chi connectivity index (χ0) is 22.2. The number of nitrogens with zero attached hydrogens (tertiary/aromatic N) is 2. The third kappa shape index (κ3) is 4.34. The molecule has 2 aromatic rings. The van der Waals surface area contributed by atoms with Crippen LogP contribution in [0.15, 0.2) is 47.4 Å². The number of alkyl halides is 3. The Balaban J connectivity index is 1.64. The number of fused-ring (bicyclic) bond motifs is 1. The van der Waals surface area contributed by atoms with E-state index in [9.17, 15) is 26.4 Å². The van der Waals surface area contributed by atoms with Crippen LogP contribution in [0.3, 0.4) is 0 Å². The van der Waals surface area contributed by atoms with Gasteiger partial charge in [-0.25, -0.2) is 8.42 Å². The molecule has 1 saturated heterocycles. The van der Waals surface area contributed by atoms with Crippen molar-refractivity contribution in [1.82, 2.24) is 4.31 Å². The number of halogens is 3. The molecule has 0 atom stereocenters. The van der Waals surface area contributed by atoms with Crippen LogP contribution in [0.25, 0.3) is 0 Å². The number of sulfonamides is 1. The monoisotopic (exact) mass is 452 g/mol. The summed E-state index contributed by atoms with van der Waals surface area (Å²) < 4.78 is 66.5. The zero-order valence-electron chi connectivity index (χ0n) is 16.9. The highest BCUT2D eigenvalue weighted by Crippen LogP contribution is 2.35. The van der Waals surface area contributed by atoms with E-state index in [-0.39, 0.29) is 10.5 Å². The predicted octanol–water partition coefficient (Wildman–Crippen LogP) is 4.47. The highest BCUT2D eigenvalue weighted by molar-refractivity contribution is 7.89. The van der Waals surface area contributed by atoms with E-state index in [0.717, 1.165) is 31.4 Å². The summed E-state index contributed by atoms with van der Waals surface area (Å²) in [5, 5.41) is 0. The molecule has 0 radical (unpaired) electrons. The number of hydrogen-bond donors (Lipinski definition) is 0. The SMILES string of the molecule is O=C(c1cccc(S(=O)(=O)N2CCCCC2)c1)N1CCCc2cc(C(F)(F)F)ccc21. The van der Waals surface area contributed by atoms with Crippen LogP contribution in [0.1, 0.15) is 47.2 Å². The molecular weight excluding hydrogens is 429 g/mol. The molecule has 1 amide bonds. The average molecular weight is 452 g/mol. The molecule has 0 unspecified atom stereocenters. The van der Waals surface area contributed by atoms with Gasteiger partial charge in [-0.2, -0.15) is 17.5 Å². The van der Waals surface area contributed by atoms with Gasteiger partial charge in [0, 0.05) is 30.9 Å². The van der Waals surface area contributed by atoms with Crippen molar-refractivity contribution in [1.29, 1.82) is 0 Å². The summed E-state index contributed by atoms with van der Waals surface area (Å²) in [7, 11) is -3.69. The molecule has 1 fully saturated rings. The topological polar surface area (TPSA) is 57.7 Å². The molecule has 9 heteroatoms. The number of aryl methyl sites for hydroxylation is 1. The fourth-order valence-corrected chi connectivity index (χ4v) is 5.75. The molecule has 0 bridgehead atoms. The van der Waals surface area contributed by atoms with Crippen molar-refractivity contribution in [2.45, 2.75) is 43.2 Å². The Kier molecular flexibility index (Phi) is 5.83. The van der Waals surface area contributed by atoms with Crippen molar-refractivity contribution in [3.05, 3.63) is 59.2 Å². The molecule has 2 aliphatic rings. The van der Waals surface area contributed by atoms with E-state index in [1.54, 1.807) is 0 Å². The van der Waals surface area contributed by atoms with Crippen molar-refractivity contribution in [2.75, 3.05) is 24.5 Å². The quantitative estimate of drug-likeness (QED) is 0.690. The minimum atomic E-state index is -4.45. The summed E-state index contributed by atoms with van der Waals surface area (Å²) in [5.74, 6) is -0.420. The van der Waals surface area contributed by atoms with Gasteiger partial charge in [-0.1, -0.05) is 12.5 Å². The Bertz CT molecular complexity index is 1090. The van der Waals surface area contributed by atoms with Crippen LogP contribution in [0, 0.1) is 0 Å². The molecular formula is C22H23F3N2O3S. The van der Waals surface area contributed by atoms with Crippen LogP contribution in [-0.2, 0) is 22.6 Å². The van der Waals surface area contributed by atoms with E-state index in [1.807, 2.05) is 0 Å². The molecule has 2 aromatic carbocycles. The zero-order valence-corrected chi connectivity index (χ0v) is 17.7. The van der Waals surface area contributed by atoms with Gasteiger partial charge >= 0.3 is 6.18 Å². The number of hydrogen-bond acceptors (Lipinski definition) is 3. The lowest BCUT2D eigenvalue weighted by Gasteiger charge is -2.30. The number of carbonyl (C=O) groups is 1. The number of anilines is 1. The standard InChI is InChI=1S/C22H23F3N2O3S/c23-22(24,25)18-9-10-20-16(14-18)7-5-13-27(20)21(28)17-6-4-8-19(15-17)31(29,30)26-11-2-1-3-12-26/h4,6,8-10,14-15H,1-3,5,7,11-13H2. The number of benzene rings is 2. The average Bonchev–Trinajstić information content (AvgIpc) is 2.78. The van der Waals surface area contributed by atoms with E-state index in [1.165, 1.54) is 39.5 Å². The molecule has 0 N–H and O–H groups in total. The van der Waals surface area contributed by atoms with Crippen molar-refractivity contribution >= 4 is 21.6 Å². The van der Waals surface area contributed by atoms with E-state index in [4.69, 9.17) is 0 Å². The van der Waals surface area contributed by atoms with Gasteiger partial charge in [0.05, 0.1) is 10.5 Å². The third-order valence-electron chi connectivity index (χ3n) is 5.80. The highest BCUT2D eigenvalue weighted by atomic mass is 32.2. The summed E-state index contributed by atoms with van der Waals surface area (Å²) >= 11 is 0. The van der Waals surface area contributed by atoms with Gasteiger partial charge in [0.1, 0.15) is 0 Å². The number of carbonyl (C=O) groups excluding carboxylic acids is 1. The van der Waals surface area contributed by atoms with Crippen LogP contribution in [0.4, 0.5) is 18.9 Å². The van der Waals surface area contributed by atoms with Gasteiger partial charge in [-0.05, 0) is 67.6 Å². The lowest BCUT2D eigenvalue weighted by Crippen LogP contribution is -2.37. The van der Waals surface area contributed by atoms with Gasteiger partial charge < -0.3 is 4.90 Å². The first-order chi connectivity index (χ1) is 14.7. The van der Waals surface area contributed by atoms with Crippen molar-refractivity contribution in [3.8, 4) is 0 Å². The fourth-order valence-electron chi connectivity index (χ4n) is 4.18. The molecule has 31 heavy (non-hydrogen) atoms. The molecule has 0 spiro atoms. The van der Waals surface area contributed by atoms with Gasteiger partial charge in [-0.3, -0.25) is 4.79 Å². The molecule has 166 valence electrons. The minimum Gasteiger partial charge on any atom is -0.308 e. The maximum atomic E-state index is 13.2. The Morgan fingerprint density at radius 2 is 1.65 bits per heavy atom. The van der Waals surface area contributed by atoms with Crippen LogP contribution >= 0.6 is 0 Å². The second kappa shape index (κ2) is 8.27. The van der Waals surface area contributed by atoms with Crippen LogP contribution in [-0.4, -0.2) is 38.3 Å². The molecule has 0 aliphatic carbocycles. The van der Waals surface area contributed by atoms with Gasteiger partial charge in [0.25, 0.3) is 5.91 Å². The van der Waals surface area contributed by atoms with E-state index >= 15 is 0 Å². The van der Waals surface area contributed by atoms with Crippen molar-refractivity contribution in [3.63, 3.8) is 0 Å². The summed E-state index contributed by atoms with van der Waals surface area (Å²) in [6, 6.07) is 9.29. The lowest BCUT2D eigenvalue weighted by atomic mass is 9.98. The Morgan fingerprint density at radius 1 is 0.903 bits per heavy atom. The first-order valence-electron chi connectivity index (χ1n) is 10.3. The van der Waals surface area contributed by atoms with Crippen molar-refractivity contribution < 1.29 is 26.4 Å². The van der Waals surface area contributed by atoms with E-state index in [0.29, 0.717) is 43.7 Å². The van der Waals surface area contributed by atoms with E-state index in [2.05, 4.69) is 0 Å². The first-order valence-corrected chi connectivity index (χ1v) is 11.7. The van der Waals surface area contributed by atoms with Gasteiger partial charge in [-0.15, -0.1) is 0 Å². The summed E-state index contributed by atoms with van der Waals surface area (Å²) in [6.07, 6.45) is -0.851. The second-order valence-corrected chi connectivity index (χ2v) is 9.83. The highest BCUT2D eigenvalue weighted by Gasteiger charge is 2.33. The number of piperidine rings is 1. The summed E-state index contributed by atoms with van der Waals surface area (Å²) in [5.41, 5.74) is 0.362. The number of rotatable bonds is 3. The van der Waals surface area contributed by atoms with E-state index < -0.39 is 27.7 Å². The fraction of sp³-hybridized carbons (Fsp3) is 0.409. The largest absolute Gasteiger partial charge is 0.416 e. The Labute approximate surface area is 179 Å². The predicted molar refractivity (Wildman–Crippen MR) is 110 cm³/mol. The molecule has 5 nitrogen and oxygen atoms in total. The molecule has 4 rings (SSSR count). The van der Waals surface area contributed by atoms with Crippen LogP contribution in [0.2, 0.25) is 0 Å².